The van der Waals surface area contributed by atoms with E-state index in [0.29, 0.717) is 27.9 Å². The monoisotopic (exact) mass is 414 g/mol. The van der Waals surface area contributed by atoms with Gasteiger partial charge in [0.15, 0.2) is 10.3 Å². The molecule has 0 aliphatic carbocycles. The number of benzene rings is 1. The number of aromatic nitrogens is 1. The van der Waals surface area contributed by atoms with Crippen LogP contribution in [0, 0.1) is 10.1 Å². The number of halogens is 1. The minimum absolute atomic E-state index is 0.00575. The highest BCUT2D eigenvalue weighted by molar-refractivity contribution is 8.18. The minimum atomic E-state index is -0.441. The Labute approximate surface area is 170 Å². The van der Waals surface area contributed by atoms with Crippen LogP contribution in [0.1, 0.15) is 12.5 Å². The van der Waals surface area contributed by atoms with E-state index in [4.69, 9.17) is 11.6 Å². The third kappa shape index (κ3) is 4.29. The highest BCUT2D eigenvalue weighted by atomic mass is 35.5. The van der Waals surface area contributed by atoms with E-state index in [9.17, 15) is 14.9 Å². The normalized spacial score (nSPS) is 17.2. The molecule has 7 nitrogen and oxygen atoms in total. The third-order valence-electron chi connectivity index (χ3n) is 3.82. The molecule has 1 aliphatic rings. The highest BCUT2D eigenvalue weighted by Crippen LogP contribution is 2.34. The van der Waals surface area contributed by atoms with E-state index in [1.165, 1.54) is 17.8 Å². The number of thioether (sulfide) groups is 1. The lowest BCUT2D eigenvalue weighted by molar-refractivity contribution is -0.385. The summed E-state index contributed by atoms with van der Waals surface area (Å²) in [5, 5.41) is 11.8. The molecule has 0 bridgehead atoms. The van der Waals surface area contributed by atoms with E-state index in [1.54, 1.807) is 59.7 Å². The minimum Gasteiger partial charge on any atom is -0.287 e. The van der Waals surface area contributed by atoms with Crippen molar-refractivity contribution in [2.75, 3.05) is 6.54 Å². The van der Waals surface area contributed by atoms with Gasteiger partial charge in [-0.2, -0.15) is 0 Å². The summed E-state index contributed by atoms with van der Waals surface area (Å²) in [5.74, 6) is -0.182. The summed E-state index contributed by atoms with van der Waals surface area (Å²) < 4.78 is 0. The smallest absolute Gasteiger partial charge is 0.276 e. The van der Waals surface area contributed by atoms with Gasteiger partial charge in [0.2, 0.25) is 0 Å². The molecule has 1 aromatic carbocycles. The van der Waals surface area contributed by atoms with Crippen LogP contribution in [0.2, 0.25) is 5.15 Å². The summed E-state index contributed by atoms with van der Waals surface area (Å²) in [7, 11) is 0. The summed E-state index contributed by atoms with van der Waals surface area (Å²) in [6.07, 6.45) is 6.41. The SMILES string of the molecule is CCN1C(=O)/C(=C/C=C/c2ccccc2[N+](=O)[O-])SC1=Nc1cccnc1Cl. The molecule has 2 heterocycles. The average Bonchev–Trinajstić information content (AvgIpc) is 2.98. The van der Waals surface area contributed by atoms with Crippen LogP contribution in [0.25, 0.3) is 6.08 Å². The second-order valence-corrected chi connectivity index (χ2v) is 6.93. The van der Waals surface area contributed by atoms with Gasteiger partial charge in [-0.05, 0) is 49.0 Å². The van der Waals surface area contributed by atoms with Gasteiger partial charge in [0.25, 0.3) is 11.6 Å². The van der Waals surface area contributed by atoms with Crippen molar-refractivity contribution < 1.29 is 9.72 Å². The maximum absolute atomic E-state index is 12.6. The Morgan fingerprint density at radius 1 is 1.32 bits per heavy atom. The van der Waals surface area contributed by atoms with Crippen LogP contribution in [0.3, 0.4) is 0 Å². The molecule has 0 N–H and O–H groups in total. The number of hydrogen-bond donors (Lipinski definition) is 0. The Hall–Kier alpha value is -2.97. The topological polar surface area (TPSA) is 88.7 Å². The number of carbonyl (C=O) groups excluding carboxylic acids is 1. The molecule has 1 fully saturated rings. The number of allylic oxidation sites excluding steroid dienone is 2. The Kier molecular flexibility index (Phi) is 6.23. The van der Waals surface area contributed by atoms with E-state index < -0.39 is 4.92 Å². The summed E-state index contributed by atoms with van der Waals surface area (Å²) in [4.78, 5) is 33.7. The number of aliphatic imine (C=N–C) groups is 1. The summed E-state index contributed by atoms with van der Waals surface area (Å²) in [5.41, 5.74) is 0.948. The van der Waals surface area contributed by atoms with Crippen molar-refractivity contribution in [2.24, 2.45) is 4.99 Å². The molecule has 1 aromatic heterocycles. The van der Waals surface area contributed by atoms with Crippen molar-refractivity contribution in [3.63, 3.8) is 0 Å². The lowest BCUT2D eigenvalue weighted by Gasteiger charge is -2.12. The van der Waals surface area contributed by atoms with Crippen LogP contribution in [-0.4, -0.2) is 32.4 Å². The van der Waals surface area contributed by atoms with Crippen molar-refractivity contribution >= 4 is 51.9 Å². The maximum atomic E-state index is 12.6. The van der Waals surface area contributed by atoms with Gasteiger partial charge in [0, 0.05) is 18.8 Å². The molecule has 28 heavy (non-hydrogen) atoms. The van der Waals surface area contributed by atoms with Crippen LogP contribution in [0.15, 0.2) is 64.6 Å². The van der Waals surface area contributed by atoms with E-state index in [0.717, 1.165) is 0 Å². The number of para-hydroxylation sites is 1. The van der Waals surface area contributed by atoms with Crippen LogP contribution in [0.5, 0.6) is 0 Å². The Morgan fingerprint density at radius 2 is 2.11 bits per heavy atom. The Bertz CT molecular complexity index is 1020. The number of nitro benzene ring substituents is 1. The van der Waals surface area contributed by atoms with Crippen molar-refractivity contribution in [1.29, 1.82) is 0 Å². The van der Waals surface area contributed by atoms with E-state index >= 15 is 0 Å². The summed E-state index contributed by atoms with van der Waals surface area (Å²) in [6.45, 7) is 2.30. The van der Waals surface area contributed by atoms with Crippen molar-refractivity contribution in [3.8, 4) is 0 Å². The zero-order valence-electron chi connectivity index (χ0n) is 14.8. The van der Waals surface area contributed by atoms with E-state index in [-0.39, 0.29) is 16.7 Å². The number of pyridine rings is 1. The molecule has 0 spiro atoms. The van der Waals surface area contributed by atoms with Crippen molar-refractivity contribution in [2.45, 2.75) is 6.92 Å². The largest absolute Gasteiger partial charge is 0.287 e. The van der Waals surface area contributed by atoms with Crippen LogP contribution < -0.4 is 0 Å². The van der Waals surface area contributed by atoms with Crippen LogP contribution in [-0.2, 0) is 4.79 Å². The number of rotatable bonds is 5. The summed E-state index contributed by atoms with van der Waals surface area (Å²) in [6, 6.07) is 9.84. The number of nitrogens with zero attached hydrogens (tertiary/aromatic N) is 4. The molecule has 0 saturated carbocycles. The first kappa shape index (κ1) is 19.8. The molecule has 1 amide bonds. The van der Waals surface area contributed by atoms with Gasteiger partial charge in [-0.15, -0.1) is 0 Å². The zero-order chi connectivity index (χ0) is 20.1. The fourth-order valence-corrected chi connectivity index (χ4v) is 3.65. The molecule has 2 aromatic rings. The second kappa shape index (κ2) is 8.81. The van der Waals surface area contributed by atoms with Gasteiger partial charge in [-0.3, -0.25) is 19.8 Å². The first-order valence-corrected chi connectivity index (χ1v) is 9.51. The number of hydrogen-bond acceptors (Lipinski definition) is 6. The van der Waals surface area contributed by atoms with Gasteiger partial charge in [-0.1, -0.05) is 29.8 Å². The number of nitro groups is 1. The molecule has 0 atom stereocenters. The van der Waals surface area contributed by atoms with Crippen LogP contribution >= 0.6 is 23.4 Å². The zero-order valence-corrected chi connectivity index (χ0v) is 16.4. The number of likely N-dealkylation sites (N-methyl/N-ethyl adjacent to an activating group) is 1. The van der Waals surface area contributed by atoms with E-state index in [1.807, 2.05) is 6.92 Å². The third-order valence-corrected chi connectivity index (χ3v) is 5.13. The summed E-state index contributed by atoms with van der Waals surface area (Å²) >= 11 is 7.26. The molecular formula is C19H15ClN4O3S. The molecular weight excluding hydrogens is 400 g/mol. The van der Waals surface area contributed by atoms with Crippen molar-refractivity contribution in [3.05, 3.63) is 80.5 Å². The predicted octanol–water partition coefficient (Wildman–Crippen LogP) is 4.82. The van der Waals surface area contributed by atoms with Crippen LogP contribution in [0.4, 0.5) is 11.4 Å². The first-order valence-electron chi connectivity index (χ1n) is 8.32. The highest BCUT2D eigenvalue weighted by Gasteiger charge is 2.32. The number of amides is 1. The van der Waals surface area contributed by atoms with Gasteiger partial charge in [0.05, 0.1) is 15.4 Å². The first-order chi connectivity index (χ1) is 13.5. The fraction of sp³-hybridized carbons (Fsp3) is 0.105. The molecule has 1 aliphatic heterocycles. The molecule has 3 rings (SSSR count). The Morgan fingerprint density at radius 3 is 2.82 bits per heavy atom. The number of carbonyl (C=O) groups is 1. The lowest BCUT2D eigenvalue weighted by atomic mass is 10.1. The van der Waals surface area contributed by atoms with E-state index in [2.05, 4.69) is 9.98 Å². The average molecular weight is 415 g/mol. The van der Waals surface area contributed by atoms with Gasteiger partial charge in [-0.25, -0.2) is 9.98 Å². The van der Waals surface area contributed by atoms with Gasteiger partial charge >= 0.3 is 0 Å². The molecule has 0 unspecified atom stereocenters. The Balaban J connectivity index is 1.86. The lowest BCUT2D eigenvalue weighted by Crippen LogP contribution is -2.28. The maximum Gasteiger partial charge on any atom is 0.276 e. The second-order valence-electron chi connectivity index (χ2n) is 5.57. The number of amidine groups is 1. The van der Waals surface area contributed by atoms with Gasteiger partial charge < -0.3 is 0 Å². The molecule has 0 radical (unpaired) electrons. The molecule has 9 heteroatoms. The van der Waals surface area contributed by atoms with Crippen molar-refractivity contribution in [1.82, 2.24) is 9.88 Å². The molecule has 142 valence electrons. The fourth-order valence-electron chi connectivity index (χ4n) is 2.48. The quantitative estimate of drug-likeness (QED) is 0.303. The molecule has 1 saturated heterocycles. The predicted molar refractivity (Wildman–Crippen MR) is 112 cm³/mol. The standard InChI is InChI=1S/C19H15ClN4O3S/c1-2-23-18(25)16(28-19(23)22-14-9-6-12-21-17(14)20)11-5-8-13-7-3-4-10-15(13)24(26)27/h3-12H,2H2,1H3/b8-5+,16-11-,22-19?. The van der Waals surface area contributed by atoms with Gasteiger partial charge in [0.1, 0.15) is 5.69 Å².